The zero-order valence-corrected chi connectivity index (χ0v) is 16.9. The van der Waals surface area contributed by atoms with Crippen LogP contribution < -0.4 is 4.90 Å². The molecule has 0 bridgehead atoms. The molecule has 0 saturated carbocycles. The first-order valence-corrected chi connectivity index (χ1v) is 10.1. The number of para-hydroxylation sites is 3. The van der Waals surface area contributed by atoms with Crippen LogP contribution in [-0.4, -0.2) is 35.2 Å². The summed E-state index contributed by atoms with van der Waals surface area (Å²) in [6, 6.07) is 16.0. The molecule has 1 aromatic heterocycles. The maximum Gasteiger partial charge on any atom is 0.227 e. The summed E-state index contributed by atoms with van der Waals surface area (Å²) in [5.41, 5.74) is 2.98. The average molecular weight is 428 g/mol. The Kier molecular flexibility index (Phi) is 5.27. The van der Waals surface area contributed by atoms with E-state index in [0.717, 1.165) is 33.6 Å². The fourth-order valence-electron chi connectivity index (χ4n) is 3.72. The Morgan fingerprint density at radius 3 is 2.78 bits per heavy atom. The van der Waals surface area contributed by atoms with Crippen molar-refractivity contribution in [3.05, 3.63) is 58.8 Å². The van der Waals surface area contributed by atoms with Crippen LogP contribution in [0.5, 0.6) is 0 Å². The van der Waals surface area contributed by atoms with Crippen LogP contribution in [0, 0.1) is 0 Å². The molecule has 3 aromatic rings. The van der Waals surface area contributed by atoms with Crippen molar-refractivity contribution in [2.45, 2.75) is 25.8 Å². The van der Waals surface area contributed by atoms with E-state index in [2.05, 4.69) is 26.6 Å². The van der Waals surface area contributed by atoms with E-state index in [-0.39, 0.29) is 11.8 Å². The van der Waals surface area contributed by atoms with Crippen molar-refractivity contribution < 1.29 is 9.53 Å². The summed E-state index contributed by atoms with van der Waals surface area (Å²) in [5.74, 6) is 1.17. The van der Waals surface area contributed by atoms with E-state index < -0.39 is 0 Å². The van der Waals surface area contributed by atoms with Gasteiger partial charge in [0.05, 0.1) is 23.3 Å². The summed E-state index contributed by atoms with van der Waals surface area (Å²) in [7, 11) is 0. The second-order valence-corrected chi connectivity index (χ2v) is 7.52. The van der Waals surface area contributed by atoms with Crippen LogP contribution in [0.3, 0.4) is 0 Å². The SMILES string of the molecule is CCOCCn1c(C2CC(=O)N(c3ccccc3Br)C2)nc2ccccc21. The van der Waals surface area contributed by atoms with Gasteiger partial charge < -0.3 is 14.2 Å². The maximum atomic E-state index is 12.7. The van der Waals surface area contributed by atoms with E-state index in [0.29, 0.717) is 26.2 Å². The Morgan fingerprint density at radius 2 is 1.96 bits per heavy atom. The number of anilines is 1. The smallest absolute Gasteiger partial charge is 0.227 e. The molecule has 1 aliphatic heterocycles. The number of ether oxygens (including phenoxy) is 1. The molecule has 0 radical (unpaired) electrons. The topological polar surface area (TPSA) is 47.4 Å². The number of imidazole rings is 1. The van der Waals surface area contributed by atoms with Gasteiger partial charge in [-0.3, -0.25) is 4.79 Å². The Balaban J connectivity index is 1.67. The normalized spacial score (nSPS) is 17.2. The summed E-state index contributed by atoms with van der Waals surface area (Å²) in [6.45, 7) is 4.71. The lowest BCUT2D eigenvalue weighted by Gasteiger charge is -2.18. The standard InChI is InChI=1S/C21H22BrN3O2/c1-2-27-12-11-24-19-10-6-4-8-17(19)23-21(24)15-13-20(26)25(14-15)18-9-5-3-7-16(18)22/h3-10,15H,2,11-14H2,1H3. The molecule has 140 valence electrons. The van der Waals surface area contributed by atoms with Gasteiger partial charge in [0.1, 0.15) is 5.82 Å². The Hall–Kier alpha value is -2.18. The molecule has 1 saturated heterocycles. The summed E-state index contributed by atoms with van der Waals surface area (Å²) in [5, 5.41) is 0. The van der Waals surface area contributed by atoms with Crippen LogP contribution in [0.15, 0.2) is 53.0 Å². The molecular formula is C21H22BrN3O2. The molecule has 1 unspecified atom stereocenters. The monoisotopic (exact) mass is 427 g/mol. The van der Waals surface area contributed by atoms with E-state index >= 15 is 0 Å². The summed E-state index contributed by atoms with van der Waals surface area (Å²) < 4.78 is 8.72. The number of hydrogen-bond acceptors (Lipinski definition) is 3. The maximum absolute atomic E-state index is 12.7. The van der Waals surface area contributed by atoms with Crippen molar-refractivity contribution in [1.29, 1.82) is 0 Å². The average Bonchev–Trinajstić information content (AvgIpc) is 3.23. The molecule has 0 N–H and O–H groups in total. The van der Waals surface area contributed by atoms with Gasteiger partial charge in [0.15, 0.2) is 0 Å². The lowest BCUT2D eigenvalue weighted by Crippen LogP contribution is -2.25. The third-order valence-corrected chi connectivity index (χ3v) is 5.65. The van der Waals surface area contributed by atoms with E-state index in [1.807, 2.05) is 54.3 Å². The molecule has 1 aliphatic rings. The Labute approximate surface area is 167 Å². The van der Waals surface area contributed by atoms with Gasteiger partial charge in [-0.1, -0.05) is 24.3 Å². The fraction of sp³-hybridized carbons (Fsp3) is 0.333. The van der Waals surface area contributed by atoms with Crippen molar-refractivity contribution in [2.24, 2.45) is 0 Å². The van der Waals surface area contributed by atoms with Gasteiger partial charge in [0, 0.05) is 36.5 Å². The molecule has 6 heteroatoms. The Morgan fingerprint density at radius 1 is 1.19 bits per heavy atom. The van der Waals surface area contributed by atoms with Crippen molar-refractivity contribution in [2.75, 3.05) is 24.7 Å². The van der Waals surface area contributed by atoms with E-state index in [9.17, 15) is 4.79 Å². The largest absolute Gasteiger partial charge is 0.380 e. The highest BCUT2D eigenvalue weighted by Gasteiger charge is 2.35. The number of amides is 1. The minimum atomic E-state index is 0.0682. The van der Waals surface area contributed by atoms with Crippen LogP contribution in [0.1, 0.15) is 25.1 Å². The lowest BCUT2D eigenvalue weighted by molar-refractivity contribution is -0.117. The Bertz CT molecular complexity index is 969. The molecule has 27 heavy (non-hydrogen) atoms. The number of aromatic nitrogens is 2. The fourth-order valence-corrected chi connectivity index (χ4v) is 4.22. The number of fused-ring (bicyclic) bond motifs is 1. The van der Waals surface area contributed by atoms with Gasteiger partial charge >= 0.3 is 0 Å². The number of carbonyl (C=O) groups excluding carboxylic acids is 1. The molecular weight excluding hydrogens is 406 g/mol. The molecule has 5 nitrogen and oxygen atoms in total. The summed E-state index contributed by atoms with van der Waals surface area (Å²) >= 11 is 3.56. The highest BCUT2D eigenvalue weighted by atomic mass is 79.9. The predicted octanol–water partition coefficient (Wildman–Crippen LogP) is 4.36. The third kappa shape index (κ3) is 3.51. The second kappa shape index (κ2) is 7.82. The zero-order valence-electron chi connectivity index (χ0n) is 15.3. The zero-order chi connectivity index (χ0) is 18.8. The van der Waals surface area contributed by atoms with Crippen molar-refractivity contribution in [1.82, 2.24) is 9.55 Å². The quantitative estimate of drug-likeness (QED) is 0.549. The van der Waals surface area contributed by atoms with Gasteiger partial charge in [0.2, 0.25) is 5.91 Å². The highest BCUT2D eigenvalue weighted by molar-refractivity contribution is 9.10. The molecule has 4 rings (SSSR count). The van der Waals surface area contributed by atoms with Crippen LogP contribution in [0.4, 0.5) is 5.69 Å². The van der Waals surface area contributed by atoms with Gasteiger partial charge in [0.25, 0.3) is 0 Å². The molecule has 1 atom stereocenters. The van der Waals surface area contributed by atoms with Gasteiger partial charge in [-0.2, -0.15) is 0 Å². The predicted molar refractivity (Wildman–Crippen MR) is 110 cm³/mol. The van der Waals surface area contributed by atoms with Crippen LogP contribution >= 0.6 is 15.9 Å². The van der Waals surface area contributed by atoms with Gasteiger partial charge in [-0.15, -0.1) is 0 Å². The van der Waals surface area contributed by atoms with Gasteiger partial charge in [-0.25, -0.2) is 4.98 Å². The molecule has 1 amide bonds. The van der Waals surface area contributed by atoms with Crippen LogP contribution in [0.25, 0.3) is 11.0 Å². The lowest BCUT2D eigenvalue weighted by atomic mass is 10.1. The van der Waals surface area contributed by atoms with E-state index in [1.54, 1.807) is 0 Å². The van der Waals surface area contributed by atoms with E-state index in [4.69, 9.17) is 9.72 Å². The van der Waals surface area contributed by atoms with Crippen LogP contribution in [-0.2, 0) is 16.1 Å². The molecule has 1 fully saturated rings. The minimum Gasteiger partial charge on any atom is -0.380 e. The van der Waals surface area contributed by atoms with Crippen LogP contribution in [0.2, 0.25) is 0 Å². The van der Waals surface area contributed by atoms with Gasteiger partial charge in [-0.05, 0) is 47.1 Å². The second-order valence-electron chi connectivity index (χ2n) is 6.66. The first kappa shape index (κ1) is 18.2. The van der Waals surface area contributed by atoms with Crippen molar-refractivity contribution in [3.63, 3.8) is 0 Å². The number of hydrogen-bond donors (Lipinski definition) is 0. The summed E-state index contributed by atoms with van der Waals surface area (Å²) in [4.78, 5) is 19.5. The first-order valence-electron chi connectivity index (χ1n) is 9.27. The van der Waals surface area contributed by atoms with Crippen molar-refractivity contribution in [3.8, 4) is 0 Å². The number of rotatable bonds is 6. The van der Waals surface area contributed by atoms with E-state index in [1.165, 1.54) is 0 Å². The van der Waals surface area contributed by atoms with Crippen molar-refractivity contribution >= 4 is 38.6 Å². The number of benzene rings is 2. The summed E-state index contributed by atoms with van der Waals surface area (Å²) in [6.07, 6.45) is 0.472. The first-order chi connectivity index (χ1) is 13.2. The molecule has 2 heterocycles. The molecule has 2 aromatic carbocycles. The number of carbonyl (C=O) groups is 1. The number of halogens is 1. The molecule has 0 spiro atoms. The highest BCUT2D eigenvalue weighted by Crippen LogP contribution is 2.36. The third-order valence-electron chi connectivity index (χ3n) is 4.98. The molecule has 0 aliphatic carbocycles. The number of nitrogens with zero attached hydrogens (tertiary/aromatic N) is 3. The minimum absolute atomic E-state index is 0.0682.